The summed E-state index contributed by atoms with van der Waals surface area (Å²) in [5.74, 6) is -1.70. The average Bonchev–Trinajstić information content (AvgIpc) is 2.59. The van der Waals surface area contributed by atoms with E-state index in [1.165, 1.54) is 13.3 Å². The molecule has 1 N–H and O–H groups in total. The zero-order valence-electron chi connectivity index (χ0n) is 15.8. The van der Waals surface area contributed by atoms with Crippen molar-refractivity contribution in [3.8, 4) is 11.5 Å². The van der Waals surface area contributed by atoms with Crippen LogP contribution < -0.4 is 14.8 Å². The first-order valence-corrected chi connectivity index (χ1v) is 8.27. The molecule has 0 fully saturated rings. The van der Waals surface area contributed by atoms with E-state index >= 15 is 0 Å². The third kappa shape index (κ3) is 5.58. The molecule has 0 radical (unpaired) electrons. The molecule has 1 heterocycles. The van der Waals surface area contributed by atoms with Gasteiger partial charge in [-0.1, -0.05) is 20.8 Å². The molecule has 28 heavy (non-hydrogen) atoms. The van der Waals surface area contributed by atoms with Crippen molar-refractivity contribution in [2.75, 3.05) is 7.11 Å². The van der Waals surface area contributed by atoms with Gasteiger partial charge in [0.25, 0.3) is 5.91 Å². The summed E-state index contributed by atoms with van der Waals surface area (Å²) >= 11 is 0. The maximum Gasteiger partial charge on any atom is 0.573 e. The standard InChI is InChI=1S/C19H20F4N2O3/c1-18(2,3)16-8-13(15(27-4)10-24-16)17(26)25-9-11-7-12(5-6-14(11)20)28-19(21,22)23/h5-8,10H,9H2,1-4H3,(H,25,26). The molecule has 5 nitrogen and oxygen atoms in total. The quantitative estimate of drug-likeness (QED) is 0.758. The SMILES string of the molecule is COc1cnc(C(C)(C)C)cc1C(=O)NCc1cc(OC(F)(F)F)ccc1F. The van der Waals surface area contributed by atoms with Crippen LogP contribution in [0.3, 0.4) is 0 Å². The minimum Gasteiger partial charge on any atom is -0.494 e. The summed E-state index contributed by atoms with van der Waals surface area (Å²) < 4.78 is 59.8. The molecule has 2 aromatic rings. The van der Waals surface area contributed by atoms with E-state index in [0.717, 1.165) is 18.2 Å². The lowest BCUT2D eigenvalue weighted by atomic mass is 9.90. The monoisotopic (exact) mass is 400 g/mol. The molecule has 0 aliphatic rings. The minimum atomic E-state index is -4.90. The molecular formula is C19H20F4N2O3. The lowest BCUT2D eigenvalue weighted by molar-refractivity contribution is -0.274. The normalized spacial score (nSPS) is 11.9. The number of nitrogens with one attached hydrogen (secondary N) is 1. The Balaban J connectivity index is 2.21. The second kappa shape index (κ2) is 8.04. The number of benzene rings is 1. The Morgan fingerprint density at radius 1 is 1.18 bits per heavy atom. The predicted octanol–water partition coefficient (Wildman–Crippen LogP) is 4.36. The number of amides is 1. The van der Waals surface area contributed by atoms with E-state index in [2.05, 4.69) is 15.0 Å². The van der Waals surface area contributed by atoms with E-state index in [0.29, 0.717) is 5.69 Å². The molecule has 1 amide bonds. The first-order chi connectivity index (χ1) is 12.9. The van der Waals surface area contributed by atoms with Gasteiger partial charge in [0.05, 0.1) is 18.9 Å². The van der Waals surface area contributed by atoms with Crippen LogP contribution in [-0.2, 0) is 12.0 Å². The van der Waals surface area contributed by atoms with Crippen molar-refractivity contribution in [1.82, 2.24) is 10.3 Å². The van der Waals surface area contributed by atoms with Crippen LogP contribution in [0.4, 0.5) is 17.6 Å². The first-order valence-electron chi connectivity index (χ1n) is 8.27. The third-order valence-electron chi connectivity index (χ3n) is 3.79. The number of alkyl halides is 3. The van der Waals surface area contributed by atoms with E-state index in [1.54, 1.807) is 6.07 Å². The van der Waals surface area contributed by atoms with E-state index < -0.39 is 23.8 Å². The summed E-state index contributed by atoms with van der Waals surface area (Å²) in [6, 6.07) is 4.14. The molecule has 0 aliphatic heterocycles. The van der Waals surface area contributed by atoms with Crippen LogP contribution in [0.15, 0.2) is 30.5 Å². The van der Waals surface area contributed by atoms with Gasteiger partial charge in [-0.25, -0.2) is 4.39 Å². The van der Waals surface area contributed by atoms with Gasteiger partial charge in [0.2, 0.25) is 0 Å². The van der Waals surface area contributed by atoms with Crippen LogP contribution in [-0.4, -0.2) is 24.4 Å². The Kier molecular flexibility index (Phi) is 6.16. The molecule has 152 valence electrons. The third-order valence-corrected chi connectivity index (χ3v) is 3.79. The zero-order chi connectivity index (χ0) is 21.1. The minimum absolute atomic E-state index is 0.154. The molecule has 0 spiro atoms. The van der Waals surface area contributed by atoms with Gasteiger partial charge >= 0.3 is 6.36 Å². The highest BCUT2D eigenvalue weighted by atomic mass is 19.4. The molecule has 9 heteroatoms. The number of hydrogen-bond donors (Lipinski definition) is 1. The number of aromatic nitrogens is 1. The summed E-state index contributed by atoms with van der Waals surface area (Å²) in [5.41, 5.74) is 0.353. The topological polar surface area (TPSA) is 60.5 Å². The Labute approximate surface area is 159 Å². The van der Waals surface area contributed by atoms with Gasteiger partial charge in [-0.2, -0.15) is 0 Å². The maximum absolute atomic E-state index is 13.9. The number of pyridine rings is 1. The Bertz CT molecular complexity index is 861. The van der Waals surface area contributed by atoms with E-state index in [9.17, 15) is 22.4 Å². The number of carbonyl (C=O) groups is 1. The molecule has 0 aliphatic carbocycles. The molecule has 1 aromatic carbocycles. The van der Waals surface area contributed by atoms with Crippen molar-refractivity contribution in [3.63, 3.8) is 0 Å². The van der Waals surface area contributed by atoms with Crippen molar-refractivity contribution in [2.24, 2.45) is 0 Å². The maximum atomic E-state index is 13.9. The van der Waals surface area contributed by atoms with Crippen LogP contribution in [0, 0.1) is 5.82 Å². The fraction of sp³-hybridized carbons (Fsp3) is 0.368. The fourth-order valence-corrected chi connectivity index (χ4v) is 2.35. The zero-order valence-corrected chi connectivity index (χ0v) is 15.8. The Hall–Kier alpha value is -2.84. The molecule has 0 bridgehead atoms. The summed E-state index contributed by atoms with van der Waals surface area (Å²) in [7, 11) is 1.38. The molecule has 0 saturated carbocycles. The van der Waals surface area contributed by atoms with Gasteiger partial charge in [-0.15, -0.1) is 13.2 Å². The number of carbonyl (C=O) groups excluding carboxylic acids is 1. The molecular weight excluding hydrogens is 380 g/mol. The Morgan fingerprint density at radius 3 is 2.43 bits per heavy atom. The van der Waals surface area contributed by atoms with Crippen molar-refractivity contribution in [3.05, 3.63) is 53.1 Å². The van der Waals surface area contributed by atoms with Gasteiger partial charge in [0, 0.05) is 23.2 Å². The first kappa shape index (κ1) is 21.5. The summed E-state index contributed by atoms with van der Waals surface area (Å²) in [4.78, 5) is 16.8. The lowest BCUT2D eigenvalue weighted by Gasteiger charge is -2.19. The van der Waals surface area contributed by atoms with Crippen LogP contribution in [0.5, 0.6) is 11.5 Å². The molecule has 0 atom stereocenters. The number of rotatable bonds is 5. The average molecular weight is 400 g/mol. The van der Waals surface area contributed by atoms with Crippen LogP contribution in [0.1, 0.15) is 42.4 Å². The van der Waals surface area contributed by atoms with E-state index in [4.69, 9.17) is 4.74 Å². The van der Waals surface area contributed by atoms with Crippen LogP contribution >= 0.6 is 0 Å². The number of methoxy groups -OCH3 is 1. The number of nitrogens with zero attached hydrogens (tertiary/aromatic N) is 1. The highest BCUT2D eigenvalue weighted by molar-refractivity contribution is 5.96. The Morgan fingerprint density at radius 2 is 1.86 bits per heavy atom. The summed E-state index contributed by atoms with van der Waals surface area (Å²) in [6.45, 7) is 5.43. The van der Waals surface area contributed by atoms with Gasteiger partial charge in [0.15, 0.2) is 0 Å². The van der Waals surface area contributed by atoms with Gasteiger partial charge < -0.3 is 14.8 Å². The predicted molar refractivity (Wildman–Crippen MR) is 93.7 cm³/mol. The molecule has 0 unspecified atom stereocenters. The van der Waals surface area contributed by atoms with Gasteiger partial charge in [0.1, 0.15) is 17.3 Å². The second-order valence-corrected chi connectivity index (χ2v) is 7.00. The second-order valence-electron chi connectivity index (χ2n) is 7.00. The number of hydrogen-bond acceptors (Lipinski definition) is 4. The highest BCUT2D eigenvalue weighted by Crippen LogP contribution is 2.27. The highest BCUT2D eigenvalue weighted by Gasteiger charge is 2.31. The summed E-state index contributed by atoms with van der Waals surface area (Å²) in [6.07, 6.45) is -3.49. The van der Waals surface area contributed by atoms with Crippen molar-refractivity contribution in [2.45, 2.75) is 39.1 Å². The van der Waals surface area contributed by atoms with E-state index in [-0.39, 0.29) is 28.8 Å². The van der Waals surface area contributed by atoms with Crippen LogP contribution in [0.2, 0.25) is 0 Å². The van der Waals surface area contributed by atoms with Gasteiger partial charge in [-0.3, -0.25) is 9.78 Å². The van der Waals surface area contributed by atoms with Gasteiger partial charge in [-0.05, 0) is 24.3 Å². The molecule has 1 aromatic heterocycles. The summed E-state index contributed by atoms with van der Waals surface area (Å²) in [5, 5.41) is 2.48. The van der Waals surface area contributed by atoms with E-state index in [1.807, 2.05) is 20.8 Å². The number of halogens is 4. The van der Waals surface area contributed by atoms with Crippen molar-refractivity contribution < 1.29 is 31.8 Å². The smallest absolute Gasteiger partial charge is 0.494 e. The molecule has 2 rings (SSSR count). The van der Waals surface area contributed by atoms with Crippen molar-refractivity contribution in [1.29, 1.82) is 0 Å². The number of ether oxygens (including phenoxy) is 2. The molecule has 0 saturated heterocycles. The lowest BCUT2D eigenvalue weighted by Crippen LogP contribution is -2.25. The van der Waals surface area contributed by atoms with Crippen molar-refractivity contribution >= 4 is 5.91 Å². The van der Waals surface area contributed by atoms with Crippen LogP contribution in [0.25, 0.3) is 0 Å². The largest absolute Gasteiger partial charge is 0.573 e. The fourth-order valence-electron chi connectivity index (χ4n) is 2.35.